The van der Waals surface area contributed by atoms with Crippen LogP contribution in [-0.2, 0) is 39.1 Å². The van der Waals surface area contributed by atoms with Gasteiger partial charge in [0.15, 0.2) is 5.60 Å². The fourth-order valence-corrected chi connectivity index (χ4v) is 16.6. The van der Waals surface area contributed by atoms with Crippen molar-refractivity contribution >= 4 is 11.9 Å². The number of nitrogens with zero attached hydrogens (tertiary/aromatic N) is 2. The Morgan fingerprint density at radius 2 is 1.77 bits per heavy atom. The molecule has 316 valence electrons. The molecule has 0 amide bonds. The van der Waals surface area contributed by atoms with Crippen molar-refractivity contribution in [2.24, 2.45) is 58.0 Å². The molecular formula is C53H65N3O4. The maximum Gasteiger partial charge on any atom is 0.339 e. The summed E-state index contributed by atoms with van der Waals surface area (Å²) in [6.45, 7) is 10.00. The lowest BCUT2D eigenvalue weighted by Gasteiger charge is -2.72. The monoisotopic (exact) mass is 807 g/mol. The third kappa shape index (κ3) is 4.91. The predicted octanol–water partition coefficient (Wildman–Crippen LogP) is 9.05. The molecule has 60 heavy (non-hydrogen) atoms. The summed E-state index contributed by atoms with van der Waals surface area (Å²) in [5.41, 5.74) is 13.6. The van der Waals surface area contributed by atoms with Crippen molar-refractivity contribution in [3.63, 3.8) is 0 Å². The zero-order chi connectivity index (χ0) is 40.5. The van der Waals surface area contributed by atoms with E-state index in [0.29, 0.717) is 48.1 Å². The van der Waals surface area contributed by atoms with E-state index in [1.165, 1.54) is 23.1 Å². The maximum absolute atomic E-state index is 15.9. The predicted molar refractivity (Wildman–Crippen MR) is 232 cm³/mol. The Balaban J connectivity index is 1.14. The first-order valence-electron chi connectivity index (χ1n) is 24.3. The highest BCUT2D eigenvalue weighted by atomic mass is 16.6. The van der Waals surface area contributed by atoms with Gasteiger partial charge in [0, 0.05) is 55.3 Å². The Kier molecular flexibility index (Phi) is 8.82. The van der Waals surface area contributed by atoms with Crippen molar-refractivity contribution in [1.82, 2.24) is 9.80 Å². The molecule has 2 N–H and O–H groups in total. The lowest BCUT2D eigenvalue weighted by Crippen LogP contribution is -2.77. The van der Waals surface area contributed by atoms with Gasteiger partial charge in [0.05, 0.1) is 11.0 Å². The van der Waals surface area contributed by atoms with Gasteiger partial charge in [0.1, 0.15) is 11.2 Å². The number of allylic oxidation sites excluding steroid dienone is 2. The molecule has 3 spiro atoms. The molecule has 3 saturated heterocycles. The minimum Gasteiger partial charge on any atom is -0.449 e. The molecule has 8 heterocycles. The smallest absolute Gasteiger partial charge is 0.339 e. The van der Waals surface area contributed by atoms with E-state index >= 15 is 4.79 Å². The van der Waals surface area contributed by atoms with Crippen LogP contribution < -0.4 is 5.73 Å². The van der Waals surface area contributed by atoms with Crippen LogP contribution in [0.2, 0.25) is 0 Å². The van der Waals surface area contributed by atoms with Crippen molar-refractivity contribution in [3.05, 3.63) is 105 Å². The van der Waals surface area contributed by atoms with Crippen LogP contribution in [0.15, 0.2) is 77.2 Å². The van der Waals surface area contributed by atoms with Gasteiger partial charge >= 0.3 is 11.9 Å². The third-order valence-electron chi connectivity index (χ3n) is 18.4. The zero-order valence-corrected chi connectivity index (χ0v) is 36.1. The SMILES string of the molecule is CCCC1CC=C2OC(=O)C34C5=C6CCC23C2(OC(=O)c3c(CCCN)cccc32)C4CCCCc2cccc(c2)CC(C5)C2C(C)CC=C(C62)N2CC3CC(C2)CN1C3. The van der Waals surface area contributed by atoms with Crippen LogP contribution >= 0.6 is 0 Å². The molecule has 2 aromatic carbocycles. The molecule has 13 aliphatic rings. The summed E-state index contributed by atoms with van der Waals surface area (Å²) in [6.07, 6.45) is 19.6. The Morgan fingerprint density at radius 3 is 2.60 bits per heavy atom. The quantitative estimate of drug-likeness (QED) is 0.239. The van der Waals surface area contributed by atoms with E-state index in [4.69, 9.17) is 15.2 Å². The van der Waals surface area contributed by atoms with Gasteiger partial charge in [-0.15, -0.1) is 0 Å². The van der Waals surface area contributed by atoms with Crippen molar-refractivity contribution in [2.45, 2.75) is 122 Å². The molecule has 0 aromatic heterocycles. The summed E-state index contributed by atoms with van der Waals surface area (Å²) in [4.78, 5) is 36.4. The fourth-order valence-electron chi connectivity index (χ4n) is 16.6. The second kappa shape index (κ2) is 13.9. The highest BCUT2D eigenvalue weighted by Crippen LogP contribution is 2.87. The van der Waals surface area contributed by atoms with Crippen LogP contribution in [0.1, 0.15) is 124 Å². The summed E-state index contributed by atoms with van der Waals surface area (Å²) < 4.78 is 14.3. The molecule has 13 bridgehead atoms. The van der Waals surface area contributed by atoms with Crippen molar-refractivity contribution in [3.8, 4) is 0 Å². The van der Waals surface area contributed by atoms with Gasteiger partial charge in [-0.1, -0.05) is 86.4 Å². The molecule has 11 atom stereocenters. The number of rotatable bonds is 5. The van der Waals surface area contributed by atoms with Gasteiger partial charge < -0.3 is 20.1 Å². The maximum atomic E-state index is 15.9. The first kappa shape index (κ1) is 38.0. The molecule has 1 saturated carbocycles. The Bertz CT molecular complexity index is 2230. The van der Waals surface area contributed by atoms with Crippen LogP contribution in [0.5, 0.6) is 0 Å². The van der Waals surface area contributed by atoms with Crippen LogP contribution in [-0.4, -0.2) is 60.5 Å². The van der Waals surface area contributed by atoms with Crippen LogP contribution in [0.4, 0.5) is 0 Å². The van der Waals surface area contributed by atoms with Gasteiger partial charge in [0.2, 0.25) is 0 Å². The molecule has 5 aliphatic carbocycles. The Morgan fingerprint density at radius 1 is 0.933 bits per heavy atom. The largest absolute Gasteiger partial charge is 0.449 e. The molecular weight excluding hydrogens is 743 g/mol. The second-order valence-electron chi connectivity index (χ2n) is 21.2. The van der Waals surface area contributed by atoms with Gasteiger partial charge in [-0.3, -0.25) is 9.69 Å². The molecule has 11 unspecified atom stereocenters. The molecule has 2 aromatic rings. The van der Waals surface area contributed by atoms with E-state index in [1.54, 1.807) is 11.3 Å². The van der Waals surface area contributed by atoms with Gasteiger partial charge in [-0.25, -0.2) is 4.79 Å². The standard InChI is InChI=1S/C53H65N3O4/c1-3-9-39-18-20-45-51-22-21-40-42-27-38(46-32(2)17-19-43(48(40)46)56-30-35-25-36(31-56)29-55(39)28-35)26-34-12-6-11-33(24-34)10-4-5-16-44(52(42,51)50(58)59-45)53(51)41-15-7-13-37(14-8-23-54)47(41)49(57)60-53/h6-7,11-13,15,19-20,24,32,35-36,38-39,44,46,48H,3-5,8-10,14,16-18,21-23,25-31,54H2,1-2H3. The van der Waals surface area contributed by atoms with E-state index in [2.05, 4.69) is 78.3 Å². The fraction of sp³-hybridized carbons (Fsp3) is 0.623. The normalized spacial score (nSPS) is 40.7. The average molecular weight is 808 g/mol. The van der Waals surface area contributed by atoms with E-state index in [1.807, 2.05) is 0 Å². The number of benzene rings is 2. The van der Waals surface area contributed by atoms with Gasteiger partial charge in [-0.05, 0) is 142 Å². The number of carbonyl (C=O) groups excluding carboxylic acids is 2. The molecule has 8 aliphatic heterocycles. The number of nitrogens with two attached hydrogens (primary N) is 1. The minimum atomic E-state index is -0.965. The Hall–Kier alpha value is -3.68. The van der Waals surface area contributed by atoms with Crippen LogP contribution in [0, 0.1) is 52.3 Å². The van der Waals surface area contributed by atoms with E-state index in [0.717, 1.165) is 139 Å². The number of hydrogen-bond donors (Lipinski definition) is 1. The number of hydrogen-bond acceptors (Lipinski definition) is 7. The topological polar surface area (TPSA) is 85.1 Å². The number of esters is 2. The zero-order valence-electron chi connectivity index (χ0n) is 36.1. The number of carbonyl (C=O) groups is 2. The minimum absolute atomic E-state index is 0.0523. The van der Waals surface area contributed by atoms with Crippen LogP contribution in [0.25, 0.3) is 0 Å². The number of ether oxygens (including phenoxy) is 2. The van der Waals surface area contributed by atoms with Crippen molar-refractivity contribution < 1.29 is 19.1 Å². The van der Waals surface area contributed by atoms with E-state index in [-0.39, 0.29) is 17.9 Å². The van der Waals surface area contributed by atoms with Gasteiger partial charge in [0.25, 0.3) is 0 Å². The second-order valence-corrected chi connectivity index (χ2v) is 21.2. The lowest BCUT2D eigenvalue weighted by atomic mass is 9.28. The summed E-state index contributed by atoms with van der Waals surface area (Å²) in [7, 11) is 0. The molecule has 7 nitrogen and oxygen atoms in total. The summed E-state index contributed by atoms with van der Waals surface area (Å²) in [5.74, 6) is 3.46. The first-order chi connectivity index (χ1) is 29.3. The van der Waals surface area contributed by atoms with E-state index in [9.17, 15) is 4.79 Å². The number of aryl methyl sites for hydroxylation is 2. The highest BCUT2D eigenvalue weighted by Gasteiger charge is 2.92. The molecule has 7 heteroatoms. The van der Waals surface area contributed by atoms with E-state index < -0.39 is 16.4 Å². The van der Waals surface area contributed by atoms with Crippen molar-refractivity contribution in [1.29, 1.82) is 0 Å². The summed E-state index contributed by atoms with van der Waals surface area (Å²) in [5, 5.41) is 0. The Labute approximate surface area is 357 Å². The molecule has 4 fully saturated rings. The third-order valence-corrected chi connectivity index (χ3v) is 18.4. The summed E-state index contributed by atoms with van der Waals surface area (Å²) in [6, 6.07) is 16.3. The average Bonchev–Trinajstić information content (AvgIpc) is 3.69. The van der Waals surface area contributed by atoms with Crippen molar-refractivity contribution in [2.75, 3.05) is 32.7 Å². The van der Waals surface area contributed by atoms with Crippen LogP contribution in [0.3, 0.4) is 0 Å². The first-order valence-corrected chi connectivity index (χ1v) is 24.3. The summed E-state index contributed by atoms with van der Waals surface area (Å²) >= 11 is 0. The number of piperidine rings is 2. The number of fused-ring (bicyclic) bond motifs is 7. The lowest BCUT2D eigenvalue weighted by molar-refractivity contribution is -0.278. The molecule has 15 rings (SSSR count). The highest BCUT2D eigenvalue weighted by molar-refractivity contribution is 6.00. The van der Waals surface area contributed by atoms with Gasteiger partial charge in [-0.2, -0.15) is 0 Å². The molecule has 0 radical (unpaired) electrons.